The Hall–Kier alpha value is -1.71. The zero-order valence-electron chi connectivity index (χ0n) is 11.2. The highest BCUT2D eigenvalue weighted by Crippen LogP contribution is 2.24. The van der Waals surface area contributed by atoms with Crippen LogP contribution in [0.2, 0.25) is 0 Å². The maximum atomic E-state index is 9.28. The van der Waals surface area contributed by atoms with Crippen LogP contribution in [-0.2, 0) is 6.54 Å². The molecular weight excluding hydrogens is 236 g/mol. The lowest BCUT2D eigenvalue weighted by Crippen LogP contribution is -2.25. The molecule has 0 aliphatic heterocycles. The van der Waals surface area contributed by atoms with Gasteiger partial charge in [-0.05, 0) is 36.7 Å². The van der Waals surface area contributed by atoms with Crippen molar-refractivity contribution in [2.24, 2.45) is 0 Å². The molecule has 1 heterocycles. The van der Waals surface area contributed by atoms with Gasteiger partial charge >= 0.3 is 0 Å². The second-order valence-electron chi connectivity index (χ2n) is 4.71. The molecule has 1 aromatic carbocycles. The van der Waals surface area contributed by atoms with Crippen molar-refractivity contribution in [3.63, 3.8) is 0 Å². The molecule has 0 amide bonds. The maximum absolute atomic E-state index is 9.28. The predicted molar refractivity (Wildman–Crippen MR) is 76.6 cm³/mol. The third-order valence-corrected chi connectivity index (χ3v) is 3.30. The molecule has 19 heavy (non-hydrogen) atoms. The summed E-state index contributed by atoms with van der Waals surface area (Å²) in [6, 6.07) is 14.6. The molecule has 2 aromatic rings. The minimum atomic E-state index is 0.195. The molecule has 0 aliphatic carbocycles. The highest BCUT2D eigenvalue weighted by molar-refractivity contribution is 5.19. The van der Waals surface area contributed by atoms with E-state index in [4.69, 9.17) is 0 Å². The molecule has 100 valence electrons. The van der Waals surface area contributed by atoms with Crippen LogP contribution in [0.25, 0.3) is 0 Å². The van der Waals surface area contributed by atoms with Crippen molar-refractivity contribution >= 4 is 0 Å². The van der Waals surface area contributed by atoms with Gasteiger partial charge in [0.2, 0.25) is 0 Å². The van der Waals surface area contributed by atoms with Crippen LogP contribution in [-0.4, -0.2) is 28.6 Å². The van der Waals surface area contributed by atoms with Gasteiger partial charge in [-0.25, -0.2) is 0 Å². The fourth-order valence-electron chi connectivity index (χ4n) is 2.33. The summed E-state index contributed by atoms with van der Waals surface area (Å²) in [5.74, 6) is 0. The molecule has 3 heteroatoms. The predicted octanol–water partition coefficient (Wildman–Crippen LogP) is 2.64. The lowest BCUT2D eigenvalue weighted by Gasteiger charge is -2.28. The van der Waals surface area contributed by atoms with Gasteiger partial charge in [-0.3, -0.25) is 9.88 Å². The molecule has 3 nitrogen and oxygen atoms in total. The number of aliphatic hydroxyl groups excluding tert-OH is 1. The monoisotopic (exact) mass is 256 g/mol. The number of nitrogens with zero attached hydrogens (tertiary/aromatic N) is 2. The van der Waals surface area contributed by atoms with Crippen molar-refractivity contribution in [3.05, 3.63) is 66.0 Å². The van der Waals surface area contributed by atoms with Crippen LogP contribution >= 0.6 is 0 Å². The molecule has 0 bridgehead atoms. The molecular formula is C16H20N2O. The van der Waals surface area contributed by atoms with E-state index in [0.29, 0.717) is 0 Å². The van der Waals surface area contributed by atoms with E-state index >= 15 is 0 Å². The van der Waals surface area contributed by atoms with Crippen LogP contribution in [0, 0.1) is 0 Å². The first-order valence-corrected chi connectivity index (χ1v) is 6.56. The standard InChI is InChI=1S/C16H20N2O/c1-18(13-14-7-10-17-11-8-14)16(9-12-19)15-5-3-2-4-6-15/h2-8,10-11,16,19H,9,12-13H2,1H3/t16-/m1/s1. The fraction of sp³-hybridized carbons (Fsp3) is 0.312. The lowest BCUT2D eigenvalue weighted by molar-refractivity contribution is 0.180. The van der Waals surface area contributed by atoms with Crippen LogP contribution in [0.3, 0.4) is 0 Å². The maximum Gasteiger partial charge on any atom is 0.0449 e. The third kappa shape index (κ3) is 3.88. The van der Waals surface area contributed by atoms with Gasteiger partial charge in [0.15, 0.2) is 0 Å². The average Bonchev–Trinajstić information content (AvgIpc) is 2.46. The SMILES string of the molecule is CN(Cc1ccncc1)[C@H](CCO)c1ccccc1. The summed E-state index contributed by atoms with van der Waals surface area (Å²) >= 11 is 0. The van der Waals surface area contributed by atoms with Crippen LogP contribution in [0.4, 0.5) is 0 Å². The van der Waals surface area contributed by atoms with E-state index in [1.54, 1.807) is 0 Å². The summed E-state index contributed by atoms with van der Waals surface area (Å²) in [6.07, 6.45) is 4.37. The second-order valence-corrected chi connectivity index (χ2v) is 4.71. The Morgan fingerprint density at radius 1 is 1.11 bits per heavy atom. The second kappa shape index (κ2) is 7.02. The van der Waals surface area contributed by atoms with Crippen molar-refractivity contribution in [2.75, 3.05) is 13.7 Å². The van der Waals surface area contributed by atoms with Crippen molar-refractivity contribution in [3.8, 4) is 0 Å². The van der Waals surface area contributed by atoms with E-state index < -0.39 is 0 Å². The van der Waals surface area contributed by atoms with Gasteiger partial charge in [0.1, 0.15) is 0 Å². The Labute approximate surface area is 114 Å². The summed E-state index contributed by atoms with van der Waals surface area (Å²) in [5.41, 5.74) is 2.48. The van der Waals surface area contributed by atoms with Gasteiger partial charge in [0, 0.05) is 31.6 Å². The van der Waals surface area contributed by atoms with Crippen molar-refractivity contribution < 1.29 is 5.11 Å². The van der Waals surface area contributed by atoms with Crippen LogP contribution in [0.5, 0.6) is 0 Å². The van der Waals surface area contributed by atoms with E-state index in [2.05, 4.69) is 29.1 Å². The number of benzene rings is 1. The van der Waals surface area contributed by atoms with Crippen molar-refractivity contribution in [1.82, 2.24) is 9.88 Å². The summed E-state index contributed by atoms with van der Waals surface area (Å²) in [5, 5.41) is 9.28. The minimum Gasteiger partial charge on any atom is -0.396 e. The molecule has 0 saturated heterocycles. The molecule has 0 unspecified atom stereocenters. The molecule has 0 fully saturated rings. The molecule has 1 N–H and O–H groups in total. The number of hydrogen-bond donors (Lipinski definition) is 1. The molecule has 0 spiro atoms. The number of pyridine rings is 1. The molecule has 0 aliphatic rings. The normalized spacial score (nSPS) is 12.6. The summed E-state index contributed by atoms with van der Waals surface area (Å²) in [6.45, 7) is 1.04. The van der Waals surface area contributed by atoms with Gasteiger partial charge in [0.05, 0.1) is 0 Å². The van der Waals surface area contributed by atoms with E-state index in [1.807, 2.05) is 42.7 Å². The topological polar surface area (TPSA) is 36.4 Å². The number of hydrogen-bond acceptors (Lipinski definition) is 3. The third-order valence-electron chi connectivity index (χ3n) is 3.30. The van der Waals surface area contributed by atoms with Gasteiger partial charge in [-0.1, -0.05) is 30.3 Å². The average molecular weight is 256 g/mol. The summed E-state index contributed by atoms with van der Waals surface area (Å²) in [4.78, 5) is 6.30. The largest absolute Gasteiger partial charge is 0.396 e. The van der Waals surface area contributed by atoms with E-state index in [9.17, 15) is 5.11 Å². The van der Waals surface area contributed by atoms with Gasteiger partial charge in [-0.15, -0.1) is 0 Å². The first-order valence-electron chi connectivity index (χ1n) is 6.56. The zero-order chi connectivity index (χ0) is 13.5. The number of aromatic nitrogens is 1. The molecule has 2 rings (SSSR count). The fourth-order valence-corrected chi connectivity index (χ4v) is 2.33. The van der Waals surface area contributed by atoms with Crippen LogP contribution < -0.4 is 0 Å². The molecule has 1 aromatic heterocycles. The Bertz CT molecular complexity index is 473. The lowest BCUT2D eigenvalue weighted by atomic mass is 10.0. The van der Waals surface area contributed by atoms with Crippen LogP contribution in [0.1, 0.15) is 23.6 Å². The van der Waals surface area contributed by atoms with E-state index in [1.165, 1.54) is 11.1 Å². The van der Waals surface area contributed by atoms with Crippen molar-refractivity contribution in [1.29, 1.82) is 0 Å². The highest BCUT2D eigenvalue weighted by Gasteiger charge is 2.16. The van der Waals surface area contributed by atoms with Crippen LogP contribution in [0.15, 0.2) is 54.9 Å². The first kappa shape index (κ1) is 13.7. The smallest absolute Gasteiger partial charge is 0.0449 e. The number of rotatable bonds is 6. The Balaban J connectivity index is 2.11. The Kier molecular flexibility index (Phi) is 5.07. The summed E-state index contributed by atoms with van der Waals surface area (Å²) < 4.78 is 0. The Morgan fingerprint density at radius 2 is 1.79 bits per heavy atom. The molecule has 1 atom stereocenters. The van der Waals surface area contributed by atoms with Crippen molar-refractivity contribution in [2.45, 2.75) is 19.0 Å². The minimum absolute atomic E-state index is 0.195. The summed E-state index contributed by atoms with van der Waals surface area (Å²) in [7, 11) is 2.09. The van der Waals surface area contributed by atoms with E-state index in [-0.39, 0.29) is 12.6 Å². The molecule has 0 radical (unpaired) electrons. The zero-order valence-corrected chi connectivity index (χ0v) is 11.2. The number of aliphatic hydroxyl groups is 1. The Morgan fingerprint density at radius 3 is 2.42 bits per heavy atom. The van der Waals surface area contributed by atoms with E-state index in [0.717, 1.165) is 13.0 Å². The first-order chi connectivity index (χ1) is 9.31. The quantitative estimate of drug-likeness (QED) is 0.863. The van der Waals surface area contributed by atoms with Gasteiger partial charge in [-0.2, -0.15) is 0 Å². The molecule has 0 saturated carbocycles. The van der Waals surface area contributed by atoms with Gasteiger partial charge < -0.3 is 5.11 Å². The van der Waals surface area contributed by atoms with Gasteiger partial charge in [0.25, 0.3) is 0 Å². The highest BCUT2D eigenvalue weighted by atomic mass is 16.3.